The Morgan fingerprint density at radius 1 is 1.03 bits per heavy atom. The number of rotatable bonds is 15. The van der Waals surface area contributed by atoms with Gasteiger partial charge in [-0.3, -0.25) is 19.4 Å². The van der Waals surface area contributed by atoms with E-state index in [1.165, 1.54) is 18.1 Å². The monoisotopic (exact) mass is 964 g/mol. The lowest BCUT2D eigenvalue weighted by Gasteiger charge is -2.48. The number of aryl methyl sites for hydroxylation is 1. The molecule has 1 amide bonds. The minimum absolute atomic E-state index is 0.0594. The van der Waals surface area contributed by atoms with Crippen LogP contribution in [0.25, 0.3) is 0 Å². The molecular formula is C49H72F3N5O11. The highest BCUT2D eigenvalue weighted by Crippen LogP contribution is 2.44. The lowest BCUT2D eigenvalue weighted by Crippen LogP contribution is -2.61. The number of nitrogens with zero attached hydrogens (tertiary/aromatic N) is 4. The number of unbranched alkanes of at least 4 members (excludes halogenated alkanes) is 1. The van der Waals surface area contributed by atoms with Crippen molar-refractivity contribution in [3.8, 4) is 0 Å². The van der Waals surface area contributed by atoms with E-state index in [4.69, 9.17) is 28.4 Å². The van der Waals surface area contributed by atoms with E-state index >= 15 is 0 Å². The second-order valence-electron chi connectivity index (χ2n) is 19.5. The first kappa shape index (κ1) is 54.5. The smallest absolute Gasteiger partial charge is 0.417 e. The van der Waals surface area contributed by atoms with Gasteiger partial charge < -0.3 is 48.6 Å². The fourth-order valence-corrected chi connectivity index (χ4v) is 10.3. The number of pyridine rings is 2. The number of aliphatic hydroxyl groups excluding tert-OH is 1. The van der Waals surface area contributed by atoms with Gasteiger partial charge in [-0.1, -0.05) is 33.8 Å². The molecule has 68 heavy (non-hydrogen) atoms. The number of halogens is 3. The van der Waals surface area contributed by atoms with E-state index in [0.29, 0.717) is 31.5 Å². The van der Waals surface area contributed by atoms with E-state index in [2.05, 4.69) is 15.3 Å². The summed E-state index contributed by atoms with van der Waals surface area (Å²) >= 11 is 0. The average molecular weight is 964 g/mol. The van der Waals surface area contributed by atoms with E-state index in [1.807, 2.05) is 32.0 Å². The fourth-order valence-electron chi connectivity index (χ4n) is 10.3. The number of ether oxygens (including phenoxy) is 6. The number of aliphatic hydroxyl groups is 1. The van der Waals surface area contributed by atoms with Crippen LogP contribution >= 0.6 is 0 Å². The zero-order valence-corrected chi connectivity index (χ0v) is 41.3. The number of esters is 2. The number of anilines is 1. The maximum atomic E-state index is 14.9. The number of nitrogens with one attached hydrogen (secondary N) is 1. The molecule has 5 rings (SSSR count). The van der Waals surface area contributed by atoms with Crippen LogP contribution < -0.4 is 5.32 Å². The van der Waals surface area contributed by atoms with E-state index in [-0.39, 0.29) is 56.0 Å². The number of likely N-dealkylation sites (N-methyl/N-ethyl adjacent to an activating group) is 1. The minimum Gasteiger partial charge on any atom is -0.461 e. The van der Waals surface area contributed by atoms with Crippen LogP contribution in [-0.4, -0.2) is 143 Å². The molecule has 3 saturated heterocycles. The summed E-state index contributed by atoms with van der Waals surface area (Å²) in [7, 11) is 5.20. The molecule has 3 fully saturated rings. The van der Waals surface area contributed by atoms with Gasteiger partial charge in [-0.05, 0) is 98.2 Å². The first-order chi connectivity index (χ1) is 31.9. The molecule has 0 saturated carbocycles. The molecular weight excluding hydrogens is 892 g/mol. The molecule has 3 aliphatic rings. The van der Waals surface area contributed by atoms with Gasteiger partial charge in [-0.2, -0.15) is 13.2 Å². The Labute approximate surface area is 398 Å². The summed E-state index contributed by atoms with van der Waals surface area (Å²) in [5, 5.41) is 14.7. The summed E-state index contributed by atoms with van der Waals surface area (Å²) in [6, 6.07) is 6.32. The van der Waals surface area contributed by atoms with Crippen molar-refractivity contribution in [2.24, 2.45) is 23.7 Å². The molecule has 0 aromatic carbocycles. The topological polar surface area (TPSA) is 188 Å². The third-order valence-electron chi connectivity index (χ3n) is 14.1. The SMILES string of the molecule is CC[C@@H]1OC(=O)[C@H](C)[C@H](OC(=O)CCc2ccccn2)[C@@H](C)[C@@H](OC2O[C@H](C)C[C@H](N(C)C)[C@H]2O)[C@](C)(OC)C[C@@H](C)C(=O)[C@@H](C)[C@@H]2N(CCCCNc3ccc(C(F)(F)F)cn3)C(=O)O[C@]12C. The average Bonchev–Trinajstić information content (AvgIpc) is 3.56. The number of hydrogen-bond donors (Lipinski definition) is 2. The molecule has 2 N–H and O–H groups in total. The predicted molar refractivity (Wildman–Crippen MR) is 244 cm³/mol. The van der Waals surface area contributed by atoms with Gasteiger partial charge in [0, 0.05) is 68.5 Å². The van der Waals surface area contributed by atoms with Crippen molar-refractivity contribution in [3.05, 3.63) is 54.0 Å². The lowest BCUT2D eigenvalue weighted by molar-refractivity contribution is -0.301. The molecule has 0 radical (unpaired) electrons. The zero-order valence-electron chi connectivity index (χ0n) is 41.3. The largest absolute Gasteiger partial charge is 0.461 e. The third-order valence-corrected chi connectivity index (χ3v) is 14.1. The summed E-state index contributed by atoms with van der Waals surface area (Å²) in [5.41, 5.74) is -3.06. The Balaban J connectivity index is 1.50. The van der Waals surface area contributed by atoms with Crippen molar-refractivity contribution in [1.82, 2.24) is 19.8 Å². The van der Waals surface area contributed by atoms with Crippen molar-refractivity contribution >= 4 is 29.6 Å². The van der Waals surface area contributed by atoms with Gasteiger partial charge in [0.05, 0.1) is 41.8 Å². The Bertz CT molecular complexity index is 2000. The van der Waals surface area contributed by atoms with Crippen LogP contribution in [0.3, 0.4) is 0 Å². The molecule has 2 aromatic rings. The van der Waals surface area contributed by atoms with Crippen LogP contribution in [0.1, 0.15) is 105 Å². The first-order valence-electron chi connectivity index (χ1n) is 23.8. The number of aromatic nitrogens is 2. The van der Waals surface area contributed by atoms with Crippen molar-refractivity contribution in [3.63, 3.8) is 0 Å². The van der Waals surface area contributed by atoms with Gasteiger partial charge in [-0.25, -0.2) is 9.78 Å². The number of cyclic esters (lactones) is 1. The van der Waals surface area contributed by atoms with Crippen LogP contribution in [0.15, 0.2) is 42.7 Å². The van der Waals surface area contributed by atoms with Gasteiger partial charge in [0.1, 0.15) is 29.9 Å². The number of Topliss-reactive ketones (excluding diaryl/α,β-unsaturated/α-hetero) is 1. The van der Waals surface area contributed by atoms with Gasteiger partial charge in [0.2, 0.25) is 0 Å². The zero-order chi connectivity index (χ0) is 50.3. The third kappa shape index (κ3) is 12.7. The molecule has 380 valence electrons. The number of alkyl halides is 3. The number of methoxy groups -OCH3 is 1. The van der Waals surface area contributed by atoms with Crippen LogP contribution in [0.4, 0.5) is 23.8 Å². The van der Waals surface area contributed by atoms with Crippen molar-refractivity contribution < 1.29 is 65.9 Å². The van der Waals surface area contributed by atoms with Crippen molar-refractivity contribution in [2.45, 2.75) is 167 Å². The second-order valence-corrected chi connectivity index (χ2v) is 19.5. The predicted octanol–water partition coefficient (Wildman–Crippen LogP) is 6.87. The molecule has 1 unspecified atom stereocenters. The Morgan fingerprint density at radius 3 is 2.35 bits per heavy atom. The van der Waals surface area contributed by atoms with Gasteiger partial charge in [0.15, 0.2) is 11.9 Å². The summed E-state index contributed by atoms with van der Waals surface area (Å²) < 4.78 is 77.5. The molecule has 0 bridgehead atoms. The molecule has 5 heterocycles. The molecule has 16 nitrogen and oxygen atoms in total. The number of amides is 1. The maximum absolute atomic E-state index is 14.9. The summed E-state index contributed by atoms with van der Waals surface area (Å²) in [6.45, 7) is 14.4. The minimum atomic E-state index is -4.51. The van der Waals surface area contributed by atoms with Crippen LogP contribution in [0.2, 0.25) is 0 Å². The summed E-state index contributed by atoms with van der Waals surface area (Å²) in [4.78, 5) is 69.1. The Kier molecular flexibility index (Phi) is 18.4. The fraction of sp³-hybridized carbons (Fsp3) is 0.714. The normalized spacial score (nSPS) is 34.2. The van der Waals surface area contributed by atoms with Gasteiger partial charge in [0.25, 0.3) is 0 Å². The van der Waals surface area contributed by atoms with Gasteiger partial charge >= 0.3 is 24.2 Å². The highest BCUT2D eigenvalue weighted by atomic mass is 19.4. The van der Waals surface area contributed by atoms with Gasteiger partial charge in [-0.15, -0.1) is 0 Å². The quantitative estimate of drug-likeness (QED) is 0.107. The van der Waals surface area contributed by atoms with E-state index < -0.39 is 101 Å². The highest BCUT2D eigenvalue weighted by Gasteiger charge is 2.60. The molecule has 2 aromatic heterocycles. The highest BCUT2D eigenvalue weighted by molar-refractivity contribution is 5.85. The van der Waals surface area contributed by atoms with Crippen LogP contribution in [-0.2, 0) is 55.4 Å². The number of hydrogen-bond acceptors (Lipinski definition) is 15. The number of ketones is 1. The van der Waals surface area contributed by atoms with E-state index in [1.54, 1.807) is 66.8 Å². The summed E-state index contributed by atoms with van der Waals surface area (Å²) in [5.74, 6) is -4.89. The van der Waals surface area contributed by atoms with Crippen LogP contribution in [0.5, 0.6) is 0 Å². The number of fused-ring (bicyclic) bond motifs is 1. The van der Waals surface area contributed by atoms with Crippen LogP contribution in [0, 0.1) is 23.7 Å². The molecule has 3 aliphatic heterocycles. The number of carbonyl (C=O) groups is 4. The maximum Gasteiger partial charge on any atom is 0.417 e. The van der Waals surface area contributed by atoms with E-state index in [0.717, 1.165) is 12.3 Å². The summed E-state index contributed by atoms with van der Waals surface area (Å²) in [6.07, 6.45) is -6.90. The molecule has 0 spiro atoms. The van der Waals surface area contributed by atoms with Crippen molar-refractivity contribution in [2.75, 3.05) is 39.6 Å². The number of carbonyl (C=O) groups excluding carboxylic acids is 4. The lowest BCUT2D eigenvalue weighted by atomic mass is 9.73. The Hall–Kier alpha value is -4.43. The molecule has 14 atom stereocenters. The van der Waals surface area contributed by atoms with E-state index in [9.17, 15) is 37.5 Å². The molecule has 19 heteroatoms. The second kappa shape index (κ2) is 23.0. The Morgan fingerprint density at radius 2 is 1.75 bits per heavy atom. The standard InChI is InChI=1S/C49H72F3N5O11/c1-12-36-48(8)42(57(46(62)68-48)24-16-15-23-54-37-20-18-33(27-55-37)49(50,51)52)30(4)39(59)28(2)26-47(7,63-11)43(67-45-40(60)35(56(9)10)25-29(3)64-45)31(5)41(32(6)44(61)65-36)66-38(58)21-19-34-17-13-14-22-53-34/h13-14,17-18,20,22,27-32,35-36,40-43,45,60H,12,15-16,19,21,23-26H2,1-11H3,(H,54,55)/t28-,29-,30-,31-,32-,35+,36+,40-,41-,42+,43-,45?,47-,48-/m1/s1. The molecule has 0 aliphatic carbocycles. The first-order valence-corrected chi connectivity index (χ1v) is 23.8. The van der Waals surface area contributed by atoms with Crippen molar-refractivity contribution in [1.29, 1.82) is 0 Å².